The zero-order chi connectivity index (χ0) is 13.1. The third-order valence-corrected chi connectivity index (χ3v) is 3.59. The summed E-state index contributed by atoms with van der Waals surface area (Å²) in [6.07, 6.45) is -1.38. The number of rotatable bonds is 2. The summed E-state index contributed by atoms with van der Waals surface area (Å²) >= 11 is 0. The van der Waals surface area contributed by atoms with Crippen molar-refractivity contribution in [3.8, 4) is 0 Å². The van der Waals surface area contributed by atoms with Crippen molar-refractivity contribution in [2.75, 3.05) is 12.3 Å². The SMILES string of the molecule is Nc1ccn([C@@H]2C3O[C@H](CO)C(O)C32O)c(=O)n1. The molecule has 3 rings (SSSR count). The van der Waals surface area contributed by atoms with Crippen LogP contribution in [0.15, 0.2) is 17.1 Å². The van der Waals surface area contributed by atoms with Gasteiger partial charge in [-0.3, -0.25) is 4.57 Å². The molecule has 5 N–H and O–H groups in total. The van der Waals surface area contributed by atoms with E-state index in [1.165, 1.54) is 16.8 Å². The fraction of sp³-hybridized carbons (Fsp3) is 0.600. The van der Waals surface area contributed by atoms with Gasteiger partial charge in [0.25, 0.3) is 0 Å². The molecular formula is C10H13N3O5. The number of aliphatic hydroxyl groups excluding tert-OH is 2. The van der Waals surface area contributed by atoms with Crippen LogP contribution >= 0.6 is 0 Å². The van der Waals surface area contributed by atoms with Crippen LogP contribution in [0.3, 0.4) is 0 Å². The fourth-order valence-corrected chi connectivity index (χ4v) is 2.58. The first-order valence-electron chi connectivity index (χ1n) is 5.51. The molecule has 0 aromatic carbocycles. The molecule has 1 aliphatic heterocycles. The number of hydrogen-bond acceptors (Lipinski definition) is 7. The summed E-state index contributed by atoms with van der Waals surface area (Å²) in [6.45, 7) is -0.387. The zero-order valence-electron chi connectivity index (χ0n) is 9.30. The number of aliphatic hydroxyl groups is 3. The van der Waals surface area contributed by atoms with Gasteiger partial charge in [-0.25, -0.2) is 4.79 Å². The average molecular weight is 255 g/mol. The Kier molecular flexibility index (Phi) is 2.26. The molecule has 8 nitrogen and oxygen atoms in total. The van der Waals surface area contributed by atoms with Crippen molar-refractivity contribution in [3.63, 3.8) is 0 Å². The maximum absolute atomic E-state index is 11.6. The lowest BCUT2D eigenvalue weighted by Gasteiger charge is -2.21. The predicted molar refractivity (Wildman–Crippen MR) is 58.6 cm³/mol. The van der Waals surface area contributed by atoms with Crippen LogP contribution in [-0.4, -0.2) is 55.4 Å². The van der Waals surface area contributed by atoms with Crippen LogP contribution < -0.4 is 11.4 Å². The van der Waals surface area contributed by atoms with E-state index in [9.17, 15) is 15.0 Å². The number of nitrogens with zero attached hydrogens (tertiary/aromatic N) is 2. The van der Waals surface area contributed by atoms with Crippen molar-refractivity contribution < 1.29 is 20.1 Å². The monoisotopic (exact) mass is 255 g/mol. The van der Waals surface area contributed by atoms with Gasteiger partial charge in [0, 0.05) is 6.20 Å². The van der Waals surface area contributed by atoms with Gasteiger partial charge in [0.1, 0.15) is 35.8 Å². The highest BCUT2D eigenvalue weighted by atomic mass is 16.6. The molecule has 98 valence electrons. The molecular weight excluding hydrogens is 242 g/mol. The summed E-state index contributed by atoms with van der Waals surface area (Å²) in [5.41, 5.74) is 3.21. The van der Waals surface area contributed by atoms with Gasteiger partial charge in [-0.1, -0.05) is 0 Å². The minimum Gasteiger partial charge on any atom is -0.394 e. The van der Waals surface area contributed by atoms with E-state index in [-0.39, 0.29) is 12.4 Å². The molecule has 2 fully saturated rings. The van der Waals surface area contributed by atoms with Crippen molar-refractivity contribution in [1.82, 2.24) is 9.55 Å². The average Bonchev–Trinajstić information content (AvgIpc) is 2.82. The smallest absolute Gasteiger partial charge is 0.349 e. The van der Waals surface area contributed by atoms with Gasteiger partial charge < -0.3 is 25.8 Å². The summed E-state index contributed by atoms with van der Waals surface area (Å²) in [7, 11) is 0. The molecule has 0 spiro atoms. The Morgan fingerprint density at radius 1 is 1.61 bits per heavy atom. The first-order valence-corrected chi connectivity index (χ1v) is 5.51. The first-order chi connectivity index (χ1) is 8.50. The van der Waals surface area contributed by atoms with E-state index in [1.54, 1.807) is 0 Å². The number of hydrogen-bond donors (Lipinski definition) is 4. The molecule has 0 amide bonds. The maximum atomic E-state index is 11.6. The van der Waals surface area contributed by atoms with Crippen LogP contribution in [0.5, 0.6) is 0 Å². The van der Waals surface area contributed by atoms with E-state index in [1.807, 2.05) is 0 Å². The Bertz CT molecular complexity index is 547. The second kappa shape index (κ2) is 3.51. The van der Waals surface area contributed by atoms with Crippen LogP contribution in [-0.2, 0) is 4.74 Å². The number of fused-ring (bicyclic) bond motifs is 1. The van der Waals surface area contributed by atoms with Crippen molar-refractivity contribution in [1.29, 1.82) is 0 Å². The molecule has 0 radical (unpaired) electrons. The molecule has 1 saturated carbocycles. The molecule has 1 aromatic heterocycles. The Morgan fingerprint density at radius 3 is 2.83 bits per heavy atom. The minimum atomic E-state index is -1.55. The van der Waals surface area contributed by atoms with Gasteiger partial charge in [0.2, 0.25) is 0 Å². The molecule has 5 atom stereocenters. The molecule has 1 aliphatic carbocycles. The third kappa shape index (κ3) is 1.28. The Labute approximate surface area is 101 Å². The van der Waals surface area contributed by atoms with Crippen LogP contribution in [0.1, 0.15) is 6.04 Å². The van der Waals surface area contributed by atoms with Gasteiger partial charge in [0.15, 0.2) is 0 Å². The Morgan fingerprint density at radius 2 is 2.33 bits per heavy atom. The van der Waals surface area contributed by atoms with Crippen molar-refractivity contribution in [3.05, 3.63) is 22.7 Å². The van der Waals surface area contributed by atoms with E-state index in [2.05, 4.69) is 4.98 Å². The molecule has 2 heterocycles. The van der Waals surface area contributed by atoms with Crippen LogP contribution in [0, 0.1) is 0 Å². The second-order valence-corrected chi connectivity index (χ2v) is 4.60. The van der Waals surface area contributed by atoms with Gasteiger partial charge in [-0.15, -0.1) is 0 Å². The lowest BCUT2D eigenvalue weighted by molar-refractivity contribution is -0.0620. The summed E-state index contributed by atoms with van der Waals surface area (Å²) in [6, 6.07) is 0.727. The van der Waals surface area contributed by atoms with Gasteiger partial charge in [0.05, 0.1) is 6.61 Å². The van der Waals surface area contributed by atoms with Crippen molar-refractivity contribution in [2.24, 2.45) is 0 Å². The van der Waals surface area contributed by atoms with Gasteiger partial charge >= 0.3 is 5.69 Å². The van der Waals surface area contributed by atoms with Crippen LogP contribution in [0.25, 0.3) is 0 Å². The van der Waals surface area contributed by atoms with Crippen LogP contribution in [0.4, 0.5) is 5.82 Å². The Balaban J connectivity index is 1.93. The quantitative estimate of drug-likeness (QED) is 0.450. The summed E-state index contributed by atoms with van der Waals surface area (Å²) < 4.78 is 6.46. The van der Waals surface area contributed by atoms with Crippen LogP contribution in [0.2, 0.25) is 0 Å². The molecule has 1 aromatic rings. The predicted octanol–water partition coefficient (Wildman–Crippen LogP) is -2.77. The lowest BCUT2D eigenvalue weighted by Crippen LogP contribution is -2.41. The molecule has 1 saturated heterocycles. The fourth-order valence-electron chi connectivity index (χ4n) is 2.58. The normalized spacial score (nSPS) is 41.7. The molecule has 0 bridgehead atoms. The van der Waals surface area contributed by atoms with E-state index in [0.717, 1.165) is 0 Å². The third-order valence-electron chi connectivity index (χ3n) is 3.59. The summed E-state index contributed by atoms with van der Waals surface area (Å²) in [5, 5.41) is 29.0. The van der Waals surface area contributed by atoms with Gasteiger partial charge in [-0.05, 0) is 6.07 Å². The Hall–Kier alpha value is -1.48. The maximum Gasteiger partial charge on any atom is 0.349 e. The largest absolute Gasteiger partial charge is 0.394 e. The van der Waals surface area contributed by atoms with E-state index in [0.29, 0.717) is 0 Å². The molecule has 3 unspecified atom stereocenters. The summed E-state index contributed by atoms with van der Waals surface area (Å²) in [4.78, 5) is 15.2. The number of ether oxygens (including phenoxy) is 1. The topological polar surface area (TPSA) is 131 Å². The summed E-state index contributed by atoms with van der Waals surface area (Å²) in [5.74, 6) is 0.0868. The second-order valence-electron chi connectivity index (χ2n) is 4.60. The zero-order valence-corrected chi connectivity index (χ0v) is 9.30. The number of nitrogens with two attached hydrogens (primary N) is 1. The molecule has 8 heteroatoms. The molecule has 18 heavy (non-hydrogen) atoms. The van der Waals surface area contributed by atoms with E-state index >= 15 is 0 Å². The number of nitrogen functional groups attached to an aromatic ring is 1. The highest BCUT2D eigenvalue weighted by Gasteiger charge is 2.77. The van der Waals surface area contributed by atoms with E-state index < -0.39 is 35.6 Å². The standard InChI is InChI=1S/C10H13N3O5/c11-5-1-2-13(9(16)12-5)6-8-10(6,17)7(15)4(3-14)18-8/h1-2,4,6-8,14-15,17H,3H2,(H2,11,12,16)/t4-,6-,7?,8?,10?/m1/s1. The lowest BCUT2D eigenvalue weighted by atomic mass is 10.1. The first kappa shape index (κ1) is 11.6. The highest BCUT2D eigenvalue weighted by molar-refractivity contribution is 5.30. The minimum absolute atomic E-state index is 0.0868. The van der Waals surface area contributed by atoms with E-state index in [4.69, 9.17) is 15.6 Å². The number of anilines is 1. The molecule has 2 aliphatic rings. The number of aromatic nitrogens is 2. The van der Waals surface area contributed by atoms with Gasteiger partial charge in [-0.2, -0.15) is 4.98 Å². The highest BCUT2D eigenvalue weighted by Crippen LogP contribution is 2.57. The van der Waals surface area contributed by atoms with Crippen molar-refractivity contribution >= 4 is 5.82 Å². The van der Waals surface area contributed by atoms with Crippen molar-refractivity contribution in [2.45, 2.75) is 30.0 Å².